The van der Waals surface area contributed by atoms with Gasteiger partial charge >= 0.3 is 11.9 Å². The number of aromatic nitrogens is 2. The lowest BCUT2D eigenvalue weighted by Crippen LogP contribution is -2.11. The van der Waals surface area contributed by atoms with Crippen LogP contribution in [0.5, 0.6) is 11.5 Å². The van der Waals surface area contributed by atoms with Crippen molar-refractivity contribution in [1.82, 2.24) is 9.97 Å². The normalized spacial score (nSPS) is 9.85. The number of carbonyl (C=O) groups is 2. The zero-order chi connectivity index (χ0) is 14.5. The van der Waals surface area contributed by atoms with Crippen LogP contribution in [-0.4, -0.2) is 34.1 Å². The van der Waals surface area contributed by atoms with Crippen molar-refractivity contribution in [3.05, 3.63) is 48.0 Å². The van der Waals surface area contributed by atoms with Gasteiger partial charge in [-0.2, -0.15) is 0 Å². The molecule has 0 bridgehead atoms. The molecule has 2 rings (SSSR count). The summed E-state index contributed by atoms with van der Waals surface area (Å²) in [4.78, 5) is 29.9. The minimum absolute atomic E-state index is 0.105. The summed E-state index contributed by atoms with van der Waals surface area (Å²) < 4.78 is 9.93. The molecule has 0 aromatic carbocycles. The summed E-state index contributed by atoms with van der Waals surface area (Å²) in [7, 11) is 1.49. The fourth-order valence-corrected chi connectivity index (χ4v) is 1.35. The van der Waals surface area contributed by atoms with Crippen LogP contribution in [0.1, 0.15) is 21.0 Å². The van der Waals surface area contributed by atoms with Crippen molar-refractivity contribution in [3.8, 4) is 11.5 Å². The second-order valence-corrected chi connectivity index (χ2v) is 3.66. The summed E-state index contributed by atoms with van der Waals surface area (Å²) >= 11 is 0. The minimum Gasteiger partial charge on any atom is -0.495 e. The zero-order valence-corrected chi connectivity index (χ0v) is 10.4. The fourth-order valence-electron chi connectivity index (χ4n) is 1.35. The monoisotopic (exact) mass is 274 g/mol. The molecule has 2 heterocycles. The molecule has 0 amide bonds. The summed E-state index contributed by atoms with van der Waals surface area (Å²) in [5.74, 6) is -1.16. The maximum Gasteiger partial charge on any atom is 0.362 e. The predicted molar refractivity (Wildman–Crippen MR) is 66.9 cm³/mol. The number of carboxylic acid groups (broad SMARTS) is 1. The Bertz CT molecular complexity index is 622. The maximum atomic E-state index is 11.8. The number of hydrogen-bond acceptors (Lipinski definition) is 6. The van der Waals surface area contributed by atoms with Gasteiger partial charge in [0.25, 0.3) is 0 Å². The molecule has 0 spiro atoms. The van der Waals surface area contributed by atoms with Crippen molar-refractivity contribution >= 4 is 11.9 Å². The van der Waals surface area contributed by atoms with E-state index in [-0.39, 0.29) is 17.1 Å². The molecule has 0 unspecified atom stereocenters. The Kier molecular flexibility index (Phi) is 3.90. The number of nitrogens with zero attached hydrogens (tertiary/aromatic N) is 2. The third-order valence-electron chi connectivity index (χ3n) is 2.35. The molecule has 0 aliphatic carbocycles. The van der Waals surface area contributed by atoms with E-state index in [2.05, 4.69) is 9.97 Å². The minimum atomic E-state index is -1.15. The number of rotatable bonds is 4. The van der Waals surface area contributed by atoms with Crippen molar-refractivity contribution in [1.29, 1.82) is 0 Å². The van der Waals surface area contributed by atoms with Crippen LogP contribution >= 0.6 is 0 Å². The number of carboxylic acids is 1. The lowest BCUT2D eigenvalue weighted by molar-refractivity contribution is 0.0690. The summed E-state index contributed by atoms with van der Waals surface area (Å²) in [6.45, 7) is 0. The van der Waals surface area contributed by atoms with E-state index in [1.165, 1.54) is 31.5 Å². The summed E-state index contributed by atoms with van der Waals surface area (Å²) in [6.07, 6.45) is 2.55. The maximum absolute atomic E-state index is 11.8. The number of carbonyl (C=O) groups excluding carboxylic acids is 1. The SMILES string of the molecule is COc1ccc(C(=O)Oc2ccc(C(=O)O)nc2)nc1. The first-order chi connectivity index (χ1) is 9.60. The molecule has 0 radical (unpaired) electrons. The Morgan fingerprint density at radius 2 is 1.60 bits per heavy atom. The highest BCUT2D eigenvalue weighted by molar-refractivity contribution is 5.89. The molecule has 1 N–H and O–H groups in total. The van der Waals surface area contributed by atoms with Crippen LogP contribution in [0.2, 0.25) is 0 Å². The van der Waals surface area contributed by atoms with E-state index < -0.39 is 11.9 Å². The lowest BCUT2D eigenvalue weighted by Gasteiger charge is -2.04. The van der Waals surface area contributed by atoms with Gasteiger partial charge in [0.15, 0.2) is 0 Å². The average molecular weight is 274 g/mol. The molecular formula is C13H10N2O5. The zero-order valence-electron chi connectivity index (χ0n) is 10.4. The van der Waals surface area contributed by atoms with Gasteiger partial charge in [0.2, 0.25) is 0 Å². The van der Waals surface area contributed by atoms with Gasteiger partial charge in [-0.1, -0.05) is 0 Å². The molecule has 0 saturated carbocycles. The topological polar surface area (TPSA) is 98.6 Å². The van der Waals surface area contributed by atoms with Crippen molar-refractivity contribution in [2.24, 2.45) is 0 Å². The quantitative estimate of drug-likeness (QED) is 0.841. The van der Waals surface area contributed by atoms with Crippen LogP contribution in [-0.2, 0) is 0 Å². The number of methoxy groups -OCH3 is 1. The largest absolute Gasteiger partial charge is 0.495 e. The highest BCUT2D eigenvalue weighted by Crippen LogP contribution is 2.13. The smallest absolute Gasteiger partial charge is 0.362 e. The van der Waals surface area contributed by atoms with Crippen molar-refractivity contribution < 1.29 is 24.2 Å². The van der Waals surface area contributed by atoms with Gasteiger partial charge in [0, 0.05) is 0 Å². The Morgan fingerprint density at radius 1 is 1.00 bits per heavy atom. The molecule has 102 valence electrons. The molecule has 0 atom stereocenters. The van der Waals surface area contributed by atoms with Crippen molar-refractivity contribution in [2.75, 3.05) is 7.11 Å². The van der Waals surface area contributed by atoms with Crippen LogP contribution < -0.4 is 9.47 Å². The van der Waals surface area contributed by atoms with Gasteiger partial charge in [-0.15, -0.1) is 0 Å². The van der Waals surface area contributed by atoms with Gasteiger partial charge in [-0.05, 0) is 24.3 Å². The summed E-state index contributed by atoms with van der Waals surface area (Å²) in [5, 5.41) is 8.69. The Morgan fingerprint density at radius 3 is 2.10 bits per heavy atom. The number of hydrogen-bond donors (Lipinski definition) is 1. The molecule has 0 saturated heterocycles. The highest BCUT2D eigenvalue weighted by Gasteiger charge is 2.11. The lowest BCUT2D eigenvalue weighted by atomic mass is 10.3. The molecule has 0 aliphatic heterocycles. The number of esters is 1. The van der Waals surface area contributed by atoms with E-state index in [1.807, 2.05) is 0 Å². The van der Waals surface area contributed by atoms with Gasteiger partial charge in [-0.3, -0.25) is 0 Å². The molecule has 0 fully saturated rings. The summed E-state index contributed by atoms with van der Waals surface area (Å²) in [5.41, 5.74) is -0.0273. The third-order valence-corrected chi connectivity index (χ3v) is 2.35. The second kappa shape index (κ2) is 5.79. The standard InChI is InChI=1S/C13H10N2O5/c1-19-8-2-5-11(15-6-8)13(18)20-9-3-4-10(12(16)17)14-7-9/h2-7H,1H3,(H,16,17). The van der Waals surface area contributed by atoms with Crippen LogP contribution in [0.25, 0.3) is 0 Å². The molecule has 7 heteroatoms. The van der Waals surface area contributed by atoms with E-state index in [0.29, 0.717) is 5.75 Å². The second-order valence-electron chi connectivity index (χ2n) is 3.66. The number of pyridine rings is 2. The first-order valence-electron chi connectivity index (χ1n) is 5.51. The van der Waals surface area contributed by atoms with E-state index in [0.717, 1.165) is 6.20 Å². The van der Waals surface area contributed by atoms with Gasteiger partial charge in [0.1, 0.15) is 22.9 Å². The molecule has 2 aromatic rings. The Labute approximate surface area is 113 Å². The van der Waals surface area contributed by atoms with E-state index >= 15 is 0 Å². The van der Waals surface area contributed by atoms with Crippen LogP contribution in [0.4, 0.5) is 0 Å². The van der Waals surface area contributed by atoms with Crippen molar-refractivity contribution in [2.45, 2.75) is 0 Å². The Balaban J connectivity index is 2.08. The number of ether oxygens (including phenoxy) is 2. The number of aromatic carboxylic acids is 1. The molecular weight excluding hydrogens is 264 g/mol. The van der Waals surface area contributed by atoms with E-state index in [4.69, 9.17) is 14.6 Å². The summed E-state index contributed by atoms with van der Waals surface area (Å²) in [6, 6.07) is 5.62. The van der Waals surface area contributed by atoms with Gasteiger partial charge in [0.05, 0.1) is 19.5 Å². The van der Waals surface area contributed by atoms with Crippen molar-refractivity contribution in [3.63, 3.8) is 0 Å². The predicted octanol–water partition coefficient (Wildman–Crippen LogP) is 1.40. The van der Waals surface area contributed by atoms with Gasteiger partial charge < -0.3 is 14.6 Å². The third kappa shape index (κ3) is 3.08. The van der Waals surface area contributed by atoms with E-state index in [1.54, 1.807) is 6.07 Å². The van der Waals surface area contributed by atoms with Gasteiger partial charge in [-0.25, -0.2) is 19.6 Å². The van der Waals surface area contributed by atoms with Crippen LogP contribution in [0.3, 0.4) is 0 Å². The van der Waals surface area contributed by atoms with E-state index in [9.17, 15) is 9.59 Å². The van der Waals surface area contributed by atoms with Crippen LogP contribution in [0, 0.1) is 0 Å². The first kappa shape index (κ1) is 13.5. The highest BCUT2D eigenvalue weighted by atomic mass is 16.5. The first-order valence-corrected chi connectivity index (χ1v) is 5.51. The molecule has 2 aromatic heterocycles. The molecule has 20 heavy (non-hydrogen) atoms. The Hall–Kier alpha value is -2.96. The average Bonchev–Trinajstić information content (AvgIpc) is 2.48. The van der Waals surface area contributed by atoms with Crippen LogP contribution in [0.15, 0.2) is 36.7 Å². The molecule has 7 nitrogen and oxygen atoms in total. The molecule has 0 aliphatic rings. The fraction of sp³-hybridized carbons (Fsp3) is 0.0769.